The molecular weight excluding hydrogens is 542 g/mol. The molecule has 0 aliphatic carbocycles. The standard InChI is InChI=1S/C33H33N7O3/c1-17-28(18(2)43-39-17)25-15-26-24(16-27(25)42-5)29-31(35-19(3)36-32(29)38-26)22-8-9-23(30-21(22)7-6-12-34-30)33(41)37-20-10-13-40(4)14-11-20/h6-9,12,15-16,20H,10-11,13-14H2,1-5H3,(H,37,41)(H,35,36,38). The maximum absolute atomic E-state index is 13.5. The first-order valence-corrected chi connectivity index (χ1v) is 14.5. The molecule has 0 spiro atoms. The number of hydrogen-bond acceptors (Lipinski definition) is 8. The lowest BCUT2D eigenvalue weighted by Crippen LogP contribution is -2.43. The van der Waals surface area contributed by atoms with E-state index in [-0.39, 0.29) is 11.9 Å². The van der Waals surface area contributed by atoms with Crippen LogP contribution in [0.25, 0.3) is 55.2 Å². The Balaban J connectivity index is 1.39. The molecular formula is C33H33N7O3. The molecule has 43 heavy (non-hydrogen) atoms. The van der Waals surface area contributed by atoms with E-state index in [1.807, 2.05) is 51.1 Å². The predicted octanol–water partition coefficient (Wildman–Crippen LogP) is 5.74. The molecule has 10 nitrogen and oxygen atoms in total. The summed E-state index contributed by atoms with van der Waals surface area (Å²) in [5.41, 5.74) is 7.05. The van der Waals surface area contributed by atoms with Crippen molar-refractivity contribution in [3.05, 3.63) is 65.4 Å². The van der Waals surface area contributed by atoms with Gasteiger partial charge < -0.3 is 24.5 Å². The van der Waals surface area contributed by atoms with E-state index in [2.05, 4.69) is 38.5 Å². The number of benzene rings is 2. The van der Waals surface area contributed by atoms with Crippen molar-refractivity contribution in [1.29, 1.82) is 0 Å². The zero-order valence-electron chi connectivity index (χ0n) is 24.9. The Morgan fingerprint density at radius 1 is 1.07 bits per heavy atom. The topological polar surface area (TPSA) is 122 Å². The minimum Gasteiger partial charge on any atom is -0.496 e. The fourth-order valence-electron chi connectivity index (χ4n) is 6.34. The number of fused-ring (bicyclic) bond motifs is 4. The van der Waals surface area contributed by atoms with Crippen molar-refractivity contribution in [1.82, 2.24) is 35.3 Å². The maximum atomic E-state index is 13.5. The smallest absolute Gasteiger partial charge is 0.253 e. The number of amides is 1. The number of rotatable bonds is 5. The summed E-state index contributed by atoms with van der Waals surface area (Å²) in [4.78, 5) is 33.7. The van der Waals surface area contributed by atoms with Gasteiger partial charge >= 0.3 is 0 Å². The molecule has 0 radical (unpaired) electrons. The average Bonchev–Trinajstić information content (AvgIpc) is 3.53. The molecule has 4 aromatic heterocycles. The number of aromatic amines is 1. The zero-order chi connectivity index (χ0) is 29.8. The molecule has 7 rings (SSSR count). The number of likely N-dealkylation sites (tertiary alicyclic amines) is 1. The number of pyridine rings is 1. The Morgan fingerprint density at radius 2 is 1.88 bits per heavy atom. The number of H-pyrrole nitrogens is 1. The van der Waals surface area contributed by atoms with Crippen molar-refractivity contribution in [2.24, 2.45) is 0 Å². The van der Waals surface area contributed by atoms with Crippen LogP contribution in [0.15, 0.2) is 47.1 Å². The Kier molecular flexibility index (Phi) is 6.58. The predicted molar refractivity (Wildman–Crippen MR) is 166 cm³/mol. The van der Waals surface area contributed by atoms with E-state index in [1.54, 1.807) is 13.3 Å². The van der Waals surface area contributed by atoms with Gasteiger partial charge in [0.1, 0.15) is 23.0 Å². The third-order valence-corrected chi connectivity index (χ3v) is 8.51. The molecule has 10 heteroatoms. The zero-order valence-corrected chi connectivity index (χ0v) is 24.9. The number of carbonyl (C=O) groups excluding carboxylic acids is 1. The van der Waals surface area contributed by atoms with E-state index in [0.29, 0.717) is 22.7 Å². The molecule has 1 amide bonds. The van der Waals surface area contributed by atoms with Crippen LogP contribution < -0.4 is 10.1 Å². The molecule has 1 fully saturated rings. The molecule has 0 bridgehead atoms. The molecule has 1 saturated heterocycles. The molecule has 0 unspecified atom stereocenters. The van der Waals surface area contributed by atoms with Gasteiger partial charge in [0.05, 0.1) is 40.5 Å². The lowest BCUT2D eigenvalue weighted by atomic mass is 9.97. The van der Waals surface area contributed by atoms with E-state index in [1.165, 1.54) is 0 Å². The number of nitrogens with zero attached hydrogens (tertiary/aromatic N) is 5. The first kappa shape index (κ1) is 27.0. The maximum Gasteiger partial charge on any atom is 0.253 e. The van der Waals surface area contributed by atoms with Gasteiger partial charge in [-0.15, -0.1) is 0 Å². The third-order valence-electron chi connectivity index (χ3n) is 8.51. The van der Waals surface area contributed by atoms with Crippen molar-refractivity contribution in [3.63, 3.8) is 0 Å². The fourth-order valence-corrected chi connectivity index (χ4v) is 6.34. The Hall–Kier alpha value is -4.83. The van der Waals surface area contributed by atoms with E-state index >= 15 is 0 Å². The molecule has 218 valence electrons. The Bertz CT molecular complexity index is 2020. The second-order valence-electron chi connectivity index (χ2n) is 11.4. The highest BCUT2D eigenvalue weighted by atomic mass is 16.5. The SMILES string of the molecule is COc1cc2c(cc1-c1c(C)noc1C)[nH]c1nc(C)nc(-c3ccc(C(=O)NC4CCN(C)CC4)c4ncccc34)c12. The summed E-state index contributed by atoms with van der Waals surface area (Å²) in [6.07, 6.45) is 3.60. The van der Waals surface area contributed by atoms with Gasteiger partial charge in [0.2, 0.25) is 0 Å². The van der Waals surface area contributed by atoms with Crippen LogP contribution in [0.4, 0.5) is 0 Å². The lowest BCUT2D eigenvalue weighted by Gasteiger charge is -2.29. The van der Waals surface area contributed by atoms with E-state index in [9.17, 15) is 4.79 Å². The van der Waals surface area contributed by atoms with Gasteiger partial charge in [-0.2, -0.15) is 0 Å². The lowest BCUT2D eigenvalue weighted by molar-refractivity contribution is 0.0918. The van der Waals surface area contributed by atoms with Crippen LogP contribution in [0.3, 0.4) is 0 Å². The van der Waals surface area contributed by atoms with Crippen LogP contribution in [0.1, 0.15) is 40.5 Å². The molecule has 2 N–H and O–H groups in total. The van der Waals surface area contributed by atoms with E-state index < -0.39 is 0 Å². The second-order valence-corrected chi connectivity index (χ2v) is 11.4. The van der Waals surface area contributed by atoms with Crippen LogP contribution in [0.5, 0.6) is 5.75 Å². The summed E-state index contributed by atoms with van der Waals surface area (Å²) in [6.45, 7) is 7.65. The number of aromatic nitrogens is 5. The minimum atomic E-state index is -0.0995. The monoisotopic (exact) mass is 575 g/mol. The van der Waals surface area contributed by atoms with Crippen molar-refractivity contribution in [3.8, 4) is 28.1 Å². The third kappa shape index (κ3) is 4.58. The largest absolute Gasteiger partial charge is 0.496 e. The Labute approximate surface area is 248 Å². The van der Waals surface area contributed by atoms with E-state index in [0.717, 1.165) is 87.1 Å². The van der Waals surface area contributed by atoms with Crippen molar-refractivity contribution < 1.29 is 14.1 Å². The van der Waals surface area contributed by atoms with Crippen LogP contribution in [0.2, 0.25) is 0 Å². The number of piperidine rings is 1. The van der Waals surface area contributed by atoms with Gasteiger partial charge in [0, 0.05) is 39.7 Å². The van der Waals surface area contributed by atoms with E-state index in [4.69, 9.17) is 19.2 Å². The van der Waals surface area contributed by atoms with Gasteiger partial charge in [-0.25, -0.2) is 9.97 Å². The normalized spacial score (nSPS) is 14.6. The number of carbonyl (C=O) groups is 1. The molecule has 6 aromatic rings. The second kappa shape index (κ2) is 10.5. The number of ether oxygens (including phenoxy) is 1. The summed E-state index contributed by atoms with van der Waals surface area (Å²) in [5.74, 6) is 1.95. The van der Waals surface area contributed by atoms with Crippen molar-refractivity contribution >= 4 is 38.7 Å². The van der Waals surface area contributed by atoms with Crippen LogP contribution in [0, 0.1) is 20.8 Å². The van der Waals surface area contributed by atoms with Crippen LogP contribution in [-0.2, 0) is 0 Å². The van der Waals surface area contributed by atoms with Gasteiger partial charge in [-0.1, -0.05) is 17.3 Å². The van der Waals surface area contributed by atoms with Gasteiger partial charge in [-0.05, 0) is 78.0 Å². The number of hydrogen-bond donors (Lipinski definition) is 2. The molecule has 5 heterocycles. The van der Waals surface area contributed by atoms with Crippen LogP contribution >= 0.6 is 0 Å². The summed E-state index contributed by atoms with van der Waals surface area (Å²) < 4.78 is 11.3. The molecule has 0 saturated carbocycles. The minimum absolute atomic E-state index is 0.0995. The van der Waals surface area contributed by atoms with Crippen molar-refractivity contribution in [2.75, 3.05) is 27.2 Å². The fraction of sp³-hybridized carbons (Fsp3) is 0.303. The summed E-state index contributed by atoms with van der Waals surface area (Å²) in [5, 5.41) is 10.0. The highest BCUT2D eigenvalue weighted by Crippen LogP contribution is 2.42. The summed E-state index contributed by atoms with van der Waals surface area (Å²) >= 11 is 0. The van der Waals surface area contributed by atoms with Gasteiger partial charge in [-0.3, -0.25) is 9.78 Å². The first-order valence-electron chi connectivity index (χ1n) is 14.5. The average molecular weight is 576 g/mol. The summed E-state index contributed by atoms with van der Waals surface area (Å²) in [6, 6.07) is 12.0. The molecule has 1 aliphatic rings. The Morgan fingerprint density at radius 3 is 2.63 bits per heavy atom. The highest BCUT2D eigenvalue weighted by molar-refractivity contribution is 6.17. The number of aryl methyl sites for hydroxylation is 3. The van der Waals surface area contributed by atoms with Gasteiger partial charge in [0.25, 0.3) is 5.91 Å². The quantitative estimate of drug-likeness (QED) is 0.267. The number of methoxy groups -OCH3 is 1. The summed E-state index contributed by atoms with van der Waals surface area (Å²) in [7, 11) is 3.77. The molecule has 0 atom stereocenters. The van der Waals surface area contributed by atoms with Gasteiger partial charge in [0.15, 0.2) is 0 Å². The first-order chi connectivity index (χ1) is 20.8. The number of nitrogens with one attached hydrogen (secondary N) is 2. The molecule has 2 aromatic carbocycles. The highest BCUT2D eigenvalue weighted by Gasteiger charge is 2.24. The molecule has 1 aliphatic heterocycles. The van der Waals surface area contributed by atoms with Crippen LogP contribution in [-0.4, -0.2) is 69.2 Å². The van der Waals surface area contributed by atoms with Crippen molar-refractivity contribution in [2.45, 2.75) is 39.7 Å².